The van der Waals surface area contributed by atoms with Gasteiger partial charge >= 0.3 is 5.97 Å². The number of nitrogens with one attached hydrogen (secondary N) is 1. The molecule has 0 amide bonds. The van der Waals surface area contributed by atoms with Gasteiger partial charge in [-0.1, -0.05) is 6.07 Å². The molecular weight excluding hydrogens is 265 g/mol. The highest BCUT2D eigenvalue weighted by atomic mass is 79.9. The number of halogens is 2. The molecule has 3 nitrogen and oxygen atoms in total. The zero-order valence-electron chi connectivity index (χ0n) is 8.13. The third-order valence-corrected chi connectivity index (χ3v) is 2.57. The fraction of sp³-hybridized carbons (Fsp3) is 0.300. The second-order valence-corrected chi connectivity index (χ2v) is 4.04. The van der Waals surface area contributed by atoms with E-state index in [0.717, 1.165) is 5.56 Å². The van der Waals surface area contributed by atoms with Crippen LogP contribution in [0.15, 0.2) is 22.7 Å². The number of hydrogen-bond donors (Lipinski definition) is 2. The fourth-order valence-electron chi connectivity index (χ4n) is 1.01. The van der Waals surface area contributed by atoms with Gasteiger partial charge in [-0.15, -0.1) is 0 Å². The number of aliphatic carboxylic acids is 1. The zero-order valence-corrected chi connectivity index (χ0v) is 9.71. The molecule has 0 bridgehead atoms. The molecule has 0 aromatic heterocycles. The number of carboxylic acid groups (broad SMARTS) is 1. The lowest BCUT2D eigenvalue weighted by atomic mass is 10.2. The summed E-state index contributed by atoms with van der Waals surface area (Å²) in [5.74, 6) is -1.23. The second-order valence-electron chi connectivity index (χ2n) is 3.19. The number of hydrogen-bond acceptors (Lipinski definition) is 2. The van der Waals surface area contributed by atoms with Crippen LogP contribution in [-0.2, 0) is 11.3 Å². The summed E-state index contributed by atoms with van der Waals surface area (Å²) in [4.78, 5) is 10.5. The summed E-state index contributed by atoms with van der Waals surface area (Å²) in [5, 5.41) is 11.4. The minimum absolute atomic E-state index is 0.329. The van der Waals surface area contributed by atoms with Crippen LogP contribution in [0.3, 0.4) is 0 Å². The van der Waals surface area contributed by atoms with Crippen LogP contribution in [0.25, 0.3) is 0 Å². The SMILES string of the molecule is C[C@H](NCc1ccc(F)c(Br)c1)C(=O)O. The first-order chi connectivity index (χ1) is 7.00. The summed E-state index contributed by atoms with van der Waals surface area (Å²) in [7, 11) is 0. The van der Waals surface area contributed by atoms with Gasteiger partial charge in [0.1, 0.15) is 11.9 Å². The lowest BCUT2D eigenvalue weighted by Crippen LogP contribution is -2.33. The van der Waals surface area contributed by atoms with Crippen LogP contribution in [0.1, 0.15) is 12.5 Å². The topological polar surface area (TPSA) is 49.3 Å². The van der Waals surface area contributed by atoms with Crippen molar-refractivity contribution in [3.05, 3.63) is 34.1 Å². The van der Waals surface area contributed by atoms with Gasteiger partial charge in [0, 0.05) is 6.54 Å². The lowest BCUT2D eigenvalue weighted by Gasteiger charge is -2.09. The van der Waals surface area contributed by atoms with Crippen LogP contribution < -0.4 is 5.32 Å². The minimum Gasteiger partial charge on any atom is -0.480 e. The first-order valence-corrected chi connectivity index (χ1v) is 5.20. The molecule has 0 saturated heterocycles. The van der Waals surface area contributed by atoms with E-state index in [1.165, 1.54) is 6.07 Å². The molecule has 0 aliphatic heterocycles. The molecule has 1 atom stereocenters. The van der Waals surface area contributed by atoms with E-state index in [2.05, 4.69) is 21.2 Å². The molecule has 1 rings (SSSR count). The number of benzene rings is 1. The van der Waals surface area contributed by atoms with Crippen molar-refractivity contribution in [1.29, 1.82) is 0 Å². The molecule has 1 aromatic carbocycles. The Labute approximate surface area is 95.4 Å². The van der Waals surface area contributed by atoms with Gasteiger partial charge in [0.15, 0.2) is 0 Å². The molecule has 15 heavy (non-hydrogen) atoms. The van der Waals surface area contributed by atoms with Crippen LogP contribution in [0.2, 0.25) is 0 Å². The Hall–Kier alpha value is -0.940. The van der Waals surface area contributed by atoms with Crippen molar-refractivity contribution in [1.82, 2.24) is 5.32 Å². The molecular formula is C10H11BrFNO2. The number of carboxylic acids is 1. The highest BCUT2D eigenvalue weighted by molar-refractivity contribution is 9.10. The van der Waals surface area contributed by atoms with Gasteiger partial charge in [-0.05, 0) is 40.5 Å². The summed E-state index contributed by atoms with van der Waals surface area (Å²) in [6.07, 6.45) is 0. The summed E-state index contributed by atoms with van der Waals surface area (Å²) in [6.45, 7) is 1.95. The van der Waals surface area contributed by atoms with Crippen LogP contribution in [0.4, 0.5) is 4.39 Å². The molecule has 0 aliphatic carbocycles. The van der Waals surface area contributed by atoms with E-state index in [4.69, 9.17) is 5.11 Å². The van der Waals surface area contributed by atoms with E-state index in [9.17, 15) is 9.18 Å². The third kappa shape index (κ3) is 3.60. The highest BCUT2D eigenvalue weighted by Crippen LogP contribution is 2.16. The normalized spacial score (nSPS) is 12.5. The van der Waals surface area contributed by atoms with Crippen molar-refractivity contribution in [3.63, 3.8) is 0 Å². The van der Waals surface area contributed by atoms with E-state index >= 15 is 0 Å². The Morgan fingerprint density at radius 1 is 1.67 bits per heavy atom. The van der Waals surface area contributed by atoms with Crippen molar-refractivity contribution in [3.8, 4) is 0 Å². The zero-order chi connectivity index (χ0) is 11.4. The largest absolute Gasteiger partial charge is 0.480 e. The maximum atomic E-state index is 12.9. The van der Waals surface area contributed by atoms with Crippen molar-refractivity contribution < 1.29 is 14.3 Å². The van der Waals surface area contributed by atoms with Gasteiger partial charge in [0.2, 0.25) is 0 Å². The Bertz CT molecular complexity index is 370. The molecule has 82 valence electrons. The molecule has 0 saturated carbocycles. The molecule has 0 heterocycles. The van der Waals surface area contributed by atoms with Crippen molar-refractivity contribution >= 4 is 21.9 Å². The molecule has 0 unspecified atom stereocenters. The molecule has 0 fully saturated rings. The summed E-state index contributed by atoms with van der Waals surface area (Å²) in [5.41, 5.74) is 0.830. The monoisotopic (exact) mass is 275 g/mol. The maximum Gasteiger partial charge on any atom is 0.320 e. The maximum absolute atomic E-state index is 12.9. The van der Waals surface area contributed by atoms with Gasteiger partial charge in [-0.3, -0.25) is 4.79 Å². The first-order valence-electron chi connectivity index (χ1n) is 4.41. The average molecular weight is 276 g/mol. The standard InChI is InChI=1S/C10H11BrFNO2/c1-6(10(14)15)13-5-7-2-3-9(12)8(11)4-7/h2-4,6,13H,5H2,1H3,(H,14,15)/t6-/m0/s1. The Morgan fingerprint density at radius 3 is 2.87 bits per heavy atom. The Balaban J connectivity index is 2.58. The van der Waals surface area contributed by atoms with E-state index in [-0.39, 0.29) is 5.82 Å². The fourth-order valence-corrected chi connectivity index (χ4v) is 1.43. The molecule has 0 aliphatic rings. The van der Waals surface area contributed by atoms with E-state index in [0.29, 0.717) is 11.0 Å². The van der Waals surface area contributed by atoms with Crippen molar-refractivity contribution in [2.75, 3.05) is 0 Å². The summed E-state index contributed by atoms with van der Waals surface area (Å²) < 4.78 is 13.2. The van der Waals surface area contributed by atoms with Gasteiger partial charge in [0.25, 0.3) is 0 Å². The van der Waals surface area contributed by atoms with E-state index < -0.39 is 12.0 Å². The van der Waals surface area contributed by atoms with Gasteiger partial charge < -0.3 is 10.4 Å². The smallest absolute Gasteiger partial charge is 0.320 e. The molecule has 1 aromatic rings. The number of rotatable bonds is 4. The Morgan fingerprint density at radius 2 is 2.33 bits per heavy atom. The minimum atomic E-state index is -0.906. The van der Waals surface area contributed by atoms with Crippen LogP contribution in [-0.4, -0.2) is 17.1 Å². The van der Waals surface area contributed by atoms with Gasteiger partial charge in [0.05, 0.1) is 4.47 Å². The molecule has 5 heteroatoms. The number of carbonyl (C=O) groups is 1. The summed E-state index contributed by atoms with van der Waals surface area (Å²) in [6, 6.07) is 3.96. The molecule has 2 N–H and O–H groups in total. The lowest BCUT2D eigenvalue weighted by molar-refractivity contribution is -0.139. The van der Waals surface area contributed by atoms with E-state index in [1.807, 2.05) is 0 Å². The highest BCUT2D eigenvalue weighted by Gasteiger charge is 2.09. The van der Waals surface area contributed by atoms with Gasteiger partial charge in [-0.25, -0.2) is 4.39 Å². The predicted molar refractivity (Wildman–Crippen MR) is 58.0 cm³/mol. The second kappa shape index (κ2) is 5.23. The quantitative estimate of drug-likeness (QED) is 0.885. The van der Waals surface area contributed by atoms with Gasteiger partial charge in [-0.2, -0.15) is 0 Å². The average Bonchev–Trinajstić information content (AvgIpc) is 2.19. The molecule has 0 spiro atoms. The van der Waals surface area contributed by atoms with Crippen molar-refractivity contribution in [2.45, 2.75) is 19.5 Å². The summed E-state index contributed by atoms with van der Waals surface area (Å²) >= 11 is 3.06. The first kappa shape index (κ1) is 12.1. The third-order valence-electron chi connectivity index (χ3n) is 1.97. The van der Waals surface area contributed by atoms with E-state index in [1.54, 1.807) is 19.1 Å². The predicted octanol–water partition coefficient (Wildman–Crippen LogP) is 2.15. The molecule has 0 radical (unpaired) electrons. The van der Waals surface area contributed by atoms with Crippen LogP contribution in [0.5, 0.6) is 0 Å². The van der Waals surface area contributed by atoms with Crippen LogP contribution >= 0.6 is 15.9 Å². The van der Waals surface area contributed by atoms with Crippen molar-refractivity contribution in [2.24, 2.45) is 0 Å². The Kier molecular flexibility index (Phi) is 4.23. The van der Waals surface area contributed by atoms with Crippen LogP contribution in [0, 0.1) is 5.82 Å².